The zero-order valence-corrected chi connectivity index (χ0v) is 19.2. The lowest BCUT2D eigenvalue weighted by atomic mass is 9.97. The lowest BCUT2D eigenvalue weighted by Crippen LogP contribution is -2.24. The quantitative estimate of drug-likeness (QED) is 0.175. The Morgan fingerprint density at radius 2 is 1.70 bits per heavy atom. The molecular formula is C27H32N6. The number of nitrogen functional groups attached to an aromatic ring is 1. The molecule has 0 aliphatic heterocycles. The first-order valence-electron chi connectivity index (χ1n) is 10.9. The van der Waals surface area contributed by atoms with Crippen LogP contribution in [0.15, 0.2) is 78.4 Å². The smallest absolute Gasteiger partial charge is 0.150 e. The minimum Gasteiger partial charge on any atom is -0.398 e. The van der Waals surface area contributed by atoms with Crippen molar-refractivity contribution in [2.75, 3.05) is 19.8 Å². The van der Waals surface area contributed by atoms with Crippen molar-refractivity contribution in [2.45, 2.75) is 18.9 Å². The molecule has 1 aliphatic carbocycles. The number of hydrogen-bond acceptors (Lipinski definition) is 5. The first-order valence-corrected chi connectivity index (χ1v) is 10.9. The Morgan fingerprint density at radius 1 is 1.00 bits per heavy atom. The van der Waals surface area contributed by atoms with Gasteiger partial charge in [-0.1, -0.05) is 55.1 Å². The standard InChI is InChI=1S/C17H19N5.C10H13N/c1-3-11-5-4-6-12(9-11)16(19)14-10-13(7-8-15(14)18)17(20)22-21-2;1-11-10-6-8-4-2-3-5-9(8)7-10/h3-10,19,21H,1,18H2,2H3,(H2,20,22);2-5,10-11H,6-7H2,1H3. The molecule has 0 spiro atoms. The van der Waals surface area contributed by atoms with Crippen LogP contribution in [0, 0.1) is 5.41 Å². The molecule has 0 saturated heterocycles. The molecule has 4 rings (SSSR count). The highest BCUT2D eigenvalue weighted by Gasteiger charge is 2.18. The second-order valence-corrected chi connectivity index (χ2v) is 7.89. The molecule has 3 aromatic rings. The third-order valence-electron chi connectivity index (χ3n) is 5.72. The molecule has 0 heterocycles. The number of rotatable bonds is 6. The van der Waals surface area contributed by atoms with Gasteiger partial charge in [0.05, 0.1) is 5.71 Å². The van der Waals surface area contributed by atoms with Crippen LogP contribution in [0.5, 0.6) is 0 Å². The van der Waals surface area contributed by atoms with E-state index in [0.29, 0.717) is 34.4 Å². The minimum atomic E-state index is 0.334. The van der Waals surface area contributed by atoms with Crippen molar-refractivity contribution in [1.82, 2.24) is 10.7 Å². The van der Waals surface area contributed by atoms with Gasteiger partial charge in [-0.15, -0.1) is 0 Å². The Bertz CT molecular complexity index is 1140. The van der Waals surface area contributed by atoms with Crippen molar-refractivity contribution >= 4 is 23.3 Å². The molecule has 1 aliphatic rings. The predicted molar refractivity (Wildman–Crippen MR) is 140 cm³/mol. The van der Waals surface area contributed by atoms with Crippen molar-refractivity contribution in [3.05, 3.63) is 107 Å². The molecule has 7 N–H and O–H groups in total. The van der Waals surface area contributed by atoms with E-state index in [1.54, 1.807) is 31.3 Å². The second kappa shape index (κ2) is 11.1. The number of nitrogens with one attached hydrogen (secondary N) is 3. The monoisotopic (exact) mass is 440 g/mol. The average molecular weight is 441 g/mol. The Labute approximate surface area is 195 Å². The van der Waals surface area contributed by atoms with Crippen LogP contribution in [0.2, 0.25) is 0 Å². The Balaban J connectivity index is 0.000000231. The van der Waals surface area contributed by atoms with Gasteiger partial charge in [0, 0.05) is 35.5 Å². The van der Waals surface area contributed by atoms with Gasteiger partial charge in [-0.3, -0.25) is 5.41 Å². The van der Waals surface area contributed by atoms with Gasteiger partial charge in [-0.05, 0) is 60.8 Å². The number of hydrogen-bond donors (Lipinski definition) is 5. The zero-order chi connectivity index (χ0) is 23.8. The molecule has 33 heavy (non-hydrogen) atoms. The second-order valence-electron chi connectivity index (χ2n) is 7.89. The summed E-state index contributed by atoms with van der Waals surface area (Å²) in [6.45, 7) is 3.75. The summed E-state index contributed by atoms with van der Waals surface area (Å²) < 4.78 is 0. The Kier molecular flexibility index (Phi) is 8.00. The van der Waals surface area contributed by atoms with Crippen molar-refractivity contribution in [2.24, 2.45) is 10.8 Å². The number of nitrogens with two attached hydrogens (primary N) is 2. The van der Waals surface area contributed by atoms with E-state index in [1.807, 2.05) is 31.3 Å². The summed E-state index contributed by atoms with van der Waals surface area (Å²) in [6.07, 6.45) is 4.15. The van der Waals surface area contributed by atoms with Crippen molar-refractivity contribution in [3.8, 4) is 0 Å². The van der Waals surface area contributed by atoms with Crippen LogP contribution in [0.4, 0.5) is 5.69 Å². The highest BCUT2D eigenvalue weighted by Crippen LogP contribution is 2.21. The largest absolute Gasteiger partial charge is 0.398 e. The summed E-state index contributed by atoms with van der Waals surface area (Å²) in [7, 11) is 3.71. The number of likely N-dealkylation sites (N-methyl/N-ethyl adjacent to an activating group) is 1. The summed E-state index contributed by atoms with van der Waals surface area (Å²) in [4.78, 5) is 0. The van der Waals surface area contributed by atoms with E-state index in [-0.39, 0.29) is 0 Å². The first kappa shape index (κ1) is 23.8. The molecule has 0 unspecified atom stereocenters. The third kappa shape index (κ3) is 5.87. The van der Waals surface area contributed by atoms with Crippen LogP contribution in [0.3, 0.4) is 0 Å². The number of amidine groups is 1. The molecule has 0 radical (unpaired) electrons. The van der Waals surface area contributed by atoms with Crippen molar-refractivity contribution in [3.63, 3.8) is 0 Å². The molecule has 3 aromatic carbocycles. The van der Waals surface area contributed by atoms with Crippen LogP contribution < -0.4 is 22.2 Å². The summed E-state index contributed by atoms with van der Waals surface area (Å²) in [5.74, 6) is 0.344. The normalized spacial score (nSPS) is 13.0. The van der Waals surface area contributed by atoms with Crippen LogP contribution in [0.1, 0.15) is 33.4 Å². The van der Waals surface area contributed by atoms with E-state index in [2.05, 4.69) is 46.7 Å². The molecule has 0 atom stereocenters. The molecule has 0 bridgehead atoms. The maximum atomic E-state index is 8.41. The van der Waals surface area contributed by atoms with E-state index in [4.69, 9.17) is 16.9 Å². The maximum Gasteiger partial charge on any atom is 0.150 e. The number of hydrazone groups is 1. The zero-order valence-electron chi connectivity index (χ0n) is 19.2. The minimum absolute atomic E-state index is 0.334. The summed E-state index contributed by atoms with van der Waals surface area (Å²) in [5, 5.41) is 15.7. The number of fused-ring (bicyclic) bond motifs is 1. The fourth-order valence-corrected chi connectivity index (χ4v) is 3.86. The average Bonchev–Trinajstić information content (AvgIpc) is 3.28. The van der Waals surface area contributed by atoms with Crippen LogP contribution in [0.25, 0.3) is 6.08 Å². The fourth-order valence-electron chi connectivity index (χ4n) is 3.86. The van der Waals surface area contributed by atoms with Gasteiger partial charge in [0.2, 0.25) is 0 Å². The first-order chi connectivity index (χ1) is 16.0. The van der Waals surface area contributed by atoms with Gasteiger partial charge < -0.3 is 22.2 Å². The lowest BCUT2D eigenvalue weighted by molar-refractivity contribution is 0.593. The van der Waals surface area contributed by atoms with Crippen LogP contribution in [-0.4, -0.2) is 31.7 Å². The van der Waals surface area contributed by atoms with Gasteiger partial charge in [0.25, 0.3) is 0 Å². The van der Waals surface area contributed by atoms with E-state index < -0.39 is 0 Å². The predicted octanol–water partition coefficient (Wildman–Crippen LogP) is 3.54. The summed E-state index contributed by atoms with van der Waals surface area (Å²) >= 11 is 0. The van der Waals surface area contributed by atoms with E-state index >= 15 is 0 Å². The number of anilines is 1. The van der Waals surface area contributed by atoms with Crippen molar-refractivity contribution in [1.29, 1.82) is 5.41 Å². The highest BCUT2D eigenvalue weighted by atomic mass is 15.3. The highest BCUT2D eigenvalue weighted by molar-refractivity contribution is 6.15. The Morgan fingerprint density at radius 3 is 2.30 bits per heavy atom. The molecular weight excluding hydrogens is 408 g/mol. The van der Waals surface area contributed by atoms with Crippen LogP contribution >= 0.6 is 0 Å². The third-order valence-corrected chi connectivity index (χ3v) is 5.72. The van der Waals surface area contributed by atoms with Crippen LogP contribution in [-0.2, 0) is 12.8 Å². The SMILES string of the molecule is C=Cc1cccc(C(=N)c2cc(/C(N)=N/NC)ccc2N)c1.CNC1Cc2ccccc2C1. The molecule has 6 nitrogen and oxygen atoms in total. The maximum absolute atomic E-state index is 8.41. The van der Waals surface area contributed by atoms with Gasteiger partial charge in [-0.2, -0.15) is 5.10 Å². The summed E-state index contributed by atoms with van der Waals surface area (Å²) in [5.41, 5.74) is 21.5. The molecule has 0 aromatic heterocycles. The Hall–Kier alpha value is -3.90. The molecule has 0 amide bonds. The van der Waals surface area contributed by atoms with Gasteiger partial charge in [0.15, 0.2) is 5.84 Å². The van der Waals surface area contributed by atoms with Gasteiger partial charge in [-0.25, -0.2) is 0 Å². The van der Waals surface area contributed by atoms with E-state index in [9.17, 15) is 0 Å². The fraction of sp³-hybridized carbons (Fsp3) is 0.185. The topological polar surface area (TPSA) is 112 Å². The van der Waals surface area contributed by atoms with Gasteiger partial charge in [0.1, 0.15) is 0 Å². The molecule has 6 heteroatoms. The lowest BCUT2D eigenvalue weighted by Gasteiger charge is -2.11. The molecule has 0 saturated carbocycles. The molecule has 0 fully saturated rings. The van der Waals surface area contributed by atoms with E-state index in [0.717, 1.165) is 11.1 Å². The van der Waals surface area contributed by atoms with Crippen molar-refractivity contribution < 1.29 is 0 Å². The van der Waals surface area contributed by atoms with E-state index in [1.165, 1.54) is 24.0 Å². The van der Waals surface area contributed by atoms with Gasteiger partial charge >= 0.3 is 0 Å². The number of nitrogens with zero attached hydrogens (tertiary/aromatic N) is 1. The summed E-state index contributed by atoms with van der Waals surface area (Å²) in [6, 6.07) is 22.2. The molecule has 170 valence electrons. The number of benzene rings is 3.